The lowest BCUT2D eigenvalue weighted by Crippen LogP contribution is -2.29. The predicted molar refractivity (Wildman–Crippen MR) is 97.5 cm³/mol. The number of aromatic nitrogens is 2. The van der Waals surface area contributed by atoms with E-state index in [-0.39, 0.29) is 17.1 Å². The molecule has 1 aliphatic rings. The van der Waals surface area contributed by atoms with Gasteiger partial charge >= 0.3 is 0 Å². The molecule has 0 saturated heterocycles. The van der Waals surface area contributed by atoms with E-state index < -0.39 is 6.04 Å². The number of carbonyl (C=O) groups excluding carboxylic acids is 1. The third-order valence-electron chi connectivity index (χ3n) is 4.42. The van der Waals surface area contributed by atoms with Crippen LogP contribution in [0, 0.1) is 0 Å². The van der Waals surface area contributed by atoms with Gasteiger partial charge in [-0.25, -0.2) is 4.98 Å². The lowest BCUT2D eigenvalue weighted by molar-refractivity contribution is 0.0971. The molecule has 0 radical (unpaired) electrons. The van der Waals surface area contributed by atoms with Gasteiger partial charge in [-0.15, -0.1) is 11.3 Å². The summed E-state index contributed by atoms with van der Waals surface area (Å²) in [6.07, 6.45) is 4.91. The number of carbonyl (C=O) groups is 1. The van der Waals surface area contributed by atoms with Crippen LogP contribution in [-0.4, -0.2) is 15.9 Å². The van der Waals surface area contributed by atoms with E-state index in [0.29, 0.717) is 21.7 Å². The number of amides is 1. The molecule has 5 rings (SSSR count). The number of anilines is 1. The van der Waals surface area contributed by atoms with Gasteiger partial charge in [0.25, 0.3) is 5.91 Å². The fourth-order valence-electron chi connectivity index (χ4n) is 3.31. The van der Waals surface area contributed by atoms with Crippen LogP contribution in [0.5, 0.6) is 0 Å². The fourth-order valence-corrected chi connectivity index (χ4v) is 3.98. The van der Waals surface area contributed by atoms with E-state index in [1.54, 1.807) is 60.4 Å². The highest BCUT2D eigenvalue weighted by Crippen LogP contribution is 2.41. The van der Waals surface area contributed by atoms with Crippen LogP contribution in [0.25, 0.3) is 11.0 Å². The quantitative estimate of drug-likeness (QED) is 0.547. The lowest BCUT2D eigenvalue weighted by Gasteiger charge is -2.22. The van der Waals surface area contributed by atoms with Gasteiger partial charge in [0.2, 0.25) is 5.76 Å². The van der Waals surface area contributed by atoms with Gasteiger partial charge < -0.3 is 4.42 Å². The number of rotatable bonds is 2. The monoisotopic (exact) mass is 361 g/mol. The number of thiazole rings is 1. The van der Waals surface area contributed by atoms with E-state index in [0.717, 1.165) is 5.56 Å². The van der Waals surface area contributed by atoms with Gasteiger partial charge in [0.05, 0.1) is 17.0 Å². The van der Waals surface area contributed by atoms with Crippen molar-refractivity contribution >= 4 is 33.3 Å². The molecule has 4 heterocycles. The molecule has 1 aromatic carbocycles. The minimum absolute atomic E-state index is 0.0747. The highest BCUT2D eigenvalue weighted by atomic mass is 32.1. The third kappa shape index (κ3) is 2.04. The van der Waals surface area contributed by atoms with Gasteiger partial charge in [-0.3, -0.25) is 19.5 Å². The first-order valence-corrected chi connectivity index (χ1v) is 8.82. The highest BCUT2D eigenvalue weighted by Gasteiger charge is 2.44. The third-order valence-corrected chi connectivity index (χ3v) is 5.20. The Morgan fingerprint density at radius 3 is 2.62 bits per heavy atom. The van der Waals surface area contributed by atoms with E-state index in [4.69, 9.17) is 4.42 Å². The van der Waals surface area contributed by atoms with E-state index in [1.165, 1.54) is 16.2 Å². The van der Waals surface area contributed by atoms with Crippen LogP contribution in [-0.2, 0) is 0 Å². The van der Waals surface area contributed by atoms with Crippen LogP contribution in [0.3, 0.4) is 0 Å². The Hall–Kier alpha value is -3.32. The average Bonchev–Trinajstić information content (AvgIpc) is 3.30. The van der Waals surface area contributed by atoms with Crippen molar-refractivity contribution in [2.45, 2.75) is 6.04 Å². The molecule has 0 aliphatic carbocycles. The van der Waals surface area contributed by atoms with Crippen LogP contribution in [0.15, 0.2) is 69.6 Å². The van der Waals surface area contributed by atoms with Gasteiger partial charge in [0, 0.05) is 24.0 Å². The van der Waals surface area contributed by atoms with E-state index >= 15 is 0 Å². The second-order valence-electron chi connectivity index (χ2n) is 5.84. The fraction of sp³-hybridized carbons (Fsp3) is 0.0526. The molecular weight excluding hydrogens is 350 g/mol. The zero-order chi connectivity index (χ0) is 17.7. The zero-order valence-electron chi connectivity index (χ0n) is 13.3. The number of para-hydroxylation sites is 1. The molecule has 7 heteroatoms. The maximum Gasteiger partial charge on any atom is 0.297 e. The summed E-state index contributed by atoms with van der Waals surface area (Å²) in [7, 11) is 0. The number of hydrogen-bond acceptors (Lipinski definition) is 6. The van der Waals surface area contributed by atoms with Gasteiger partial charge in [0.15, 0.2) is 10.6 Å². The van der Waals surface area contributed by atoms with Crippen molar-refractivity contribution in [3.63, 3.8) is 0 Å². The molecule has 26 heavy (non-hydrogen) atoms. The average molecular weight is 361 g/mol. The summed E-state index contributed by atoms with van der Waals surface area (Å²) in [5.74, 6) is -0.287. The molecule has 1 unspecified atom stereocenters. The maximum atomic E-state index is 13.2. The first kappa shape index (κ1) is 15.0. The topological polar surface area (TPSA) is 76.3 Å². The molecule has 0 N–H and O–H groups in total. The van der Waals surface area contributed by atoms with Crippen LogP contribution in [0.4, 0.5) is 5.13 Å². The van der Waals surface area contributed by atoms with Crippen molar-refractivity contribution in [1.29, 1.82) is 0 Å². The van der Waals surface area contributed by atoms with Crippen LogP contribution in [0.1, 0.15) is 27.7 Å². The molecular formula is C19H11N3O3S. The Labute approximate surface area is 151 Å². The Kier molecular flexibility index (Phi) is 3.23. The van der Waals surface area contributed by atoms with E-state index in [1.807, 2.05) is 0 Å². The van der Waals surface area contributed by atoms with Crippen LogP contribution >= 0.6 is 11.3 Å². The van der Waals surface area contributed by atoms with Gasteiger partial charge in [0.1, 0.15) is 5.58 Å². The number of fused-ring (bicyclic) bond motifs is 2. The summed E-state index contributed by atoms with van der Waals surface area (Å²) < 4.78 is 5.85. The van der Waals surface area contributed by atoms with Crippen molar-refractivity contribution < 1.29 is 9.21 Å². The molecule has 0 bridgehead atoms. The molecule has 0 spiro atoms. The second kappa shape index (κ2) is 5.60. The highest BCUT2D eigenvalue weighted by molar-refractivity contribution is 7.13. The summed E-state index contributed by atoms with van der Waals surface area (Å²) >= 11 is 1.34. The van der Waals surface area contributed by atoms with Gasteiger partial charge in [-0.2, -0.15) is 0 Å². The smallest absolute Gasteiger partial charge is 0.297 e. The molecule has 1 amide bonds. The molecule has 4 aromatic rings. The number of nitrogens with zero attached hydrogens (tertiary/aromatic N) is 3. The number of benzene rings is 1. The first-order chi connectivity index (χ1) is 12.8. The Morgan fingerprint density at radius 1 is 1.04 bits per heavy atom. The standard InChI is InChI=1S/C19H11N3O3S/c23-16-12-3-1-2-4-13(12)25-17-14(16)15(11-5-7-20-8-6-11)22(18(17)24)19-21-9-10-26-19/h1-10,15H. The Balaban J connectivity index is 1.85. The summed E-state index contributed by atoms with van der Waals surface area (Å²) in [5.41, 5.74) is 1.33. The van der Waals surface area contributed by atoms with Crippen LogP contribution < -0.4 is 10.3 Å². The van der Waals surface area contributed by atoms with E-state index in [2.05, 4.69) is 9.97 Å². The minimum Gasteiger partial charge on any atom is -0.450 e. The molecule has 1 aliphatic heterocycles. The van der Waals surface area contributed by atoms with Crippen LogP contribution in [0.2, 0.25) is 0 Å². The molecule has 6 nitrogen and oxygen atoms in total. The molecule has 0 fully saturated rings. The normalized spacial score (nSPS) is 16.2. The minimum atomic E-state index is -0.590. The van der Waals surface area contributed by atoms with Crippen molar-refractivity contribution in [2.24, 2.45) is 0 Å². The summed E-state index contributed by atoms with van der Waals surface area (Å²) in [6, 6.07) is 9.95. The Bertz CT molecular complexity index is 1190. The summed E-state index contributed by atoms with van der Waals surface area (Å²) in [5, 5.41) is 2.77. The van der Waals surface area contributed by atoms with Crippen molar-refractivity contribution in [1.82, 2.24) is 9.97 Å². The van der Waals surface area contributed by atoms with Crippen molar-refractivity contribution in [3.8, 4) is 0 Å². The summed E-state index contributed by atoms with van der Waals surface area (Å²) in [4.78, 5) is 36.1. The van der Waals surface area contributed by atoms with Gasteiger partial charge in [-0.1, -0.05) is 12.1 Å². The predicted octanol–water partition coefficient (Wildman–Crippen LogP) is 3.39. The maximum absolute atomic E-state index is 13.2. The number of pyridine rings is 1. The van der Waals surface area contributed by atoms with E-state index in [9.17, 15) is 9.59 Å². The number of hydrogen-bond donors (Lipinski definition) is 0. The van der Waals surface area contributed by atoms with Crippen molar-refractivity contribution in [3.05, 3.63) is 87.5 Å². The Morgan fingerprint density at radius 2 is 1.85 bits per heavy atom. The SMILES string of the molecule is O=C1c2oc3ccccc3c(=O)c2C(c2ccncc2)N1c1nccs1. The lowest BCUT2D eigenvalue weighted by atomic mass is 10.00. The van der Waals surface area contributed by atoms with Gasteiger partial charge in [-0.05, 0) is 29.8 Å². The summed E-state index contributed by atoms with van der Waals surface area (Å²) in [6.45, 7) is 0. The zero-order valence-corrected chi connectivity index (χ0v) is 14.1. The van der Waals surface area contributed by atoms with Crippen molar-refractivity contribution in [2.75, 3.05) is 4.90 Å². The molecule has 126 valence electrons. The first-order valence-electron chi connectivity index (χ1n) is 7.94. The second-order valence-corrected chi connectivity index (χ2v) is 6.72. The largest absolute Gasteiger partial charge is 0.450 e. The molecule has 3 aromatic heterocycles. The molecule has 0 saturated carbocycles. The molecule has 1 atom stereocenters.